The third kappa shape index (κ3) is 7.03. The number of fused-ring (bicyclic) bond motifs is 2. The minimum absolute atomic E-state index is 0.00444. The Balaban J connectivity index is 1.32. The van der Waals surface area contributed by atoms with Gasteiger partial charge in [-0.1, -0.05) is 41.5 Å². The number of carbonyl (C=O) groups excluding carboxylic acids is 1. The van der Waals surface area contributed by atoms with Crippen molar-refractivity contribution in [3.63, 3.8) is 0 Å². The highest BCUT2D eigenvalue weighted by molar-refractivity contribution is 6.29. The van der Waals surface area contributed by atoms with Gasteiger partial charge in [0.1, 0.15) is 12.4 Å². The topological polar surface area (TPSA) is 77.9 Å². The first kappa shape index (κ1) is 29.4. The van der Waals surface area contributed by atoms with E-state index in [9.17, 15) is 9.90 Å². The Hall–Kier alpha value is -3.13. The summed E-state index contributed by atoms with van der Waals surface area (Å²) in [7, 11) is 0. The van der Waals surface area contributed by atoms with Gasteiger partial charge in [-0.3, -0.25) is 4.98 Å². The van der Waals surface area contributed by atoms with Crippen molar-refractivity contribution in [1.82, 2.24) is 20.1 Å². The fourth-order valence-electron chi connectivity index (χ4n) is 5.84. The van der Waals surface area contributed by atoms with Crippen LogP contribution in [-0.4, -0.2) is 64.7 Å². The number of benzene rings is 1. The van der Waals surface area contributed by atoms with E-state index < -0.39 is 5.60 Å². The predicted molar refractivity (Wildman–Crippen MR) is 164 cm³/mol. The molecular formula is C33H41ClN4O3. The number of aromatic nitrogens is 1. The van der Waals surface area contributed by atoms with Gasteiger partial charge in [0, 0.05) is 61.1 Å². The molecule has 3 aliphatic rings. The minimum atomic E-state index is -0.957. The van der Waals surface area contributed by atoms with Gasteiger partial charge in [-0.2, -0.15) is 0 Å². The number of halogens is 1. The van der Waals surface area contributed by atoms with E-state index in [1.165, 1.54) is 5.57 Å². The molecule has 0 spiro atoms. The van der Waals surface area contributed by atoms with Crippen LogP contribution in [0.15, 0.2) is 65.4 Å². The lowest BCUT2D eigenvalue weighted by Gasteiger charge is -2.31. The van der Waals surface area contributed by atoms with Crippen LogP contribution >= 0.6 is 11.6 Å². The quantitative estimate of drug-likeness (QED) is 0.405. The molecular weight excluding hydrogens is 536 g/mol. The Morgan fingerprint density at radius 2 is 2.12 bits per heavy atom. The largest absolute Gasteiger partial charge is 0.487 e. The normalized spacial score (nSPS) is 19.9. The zero-order valence-electron chi connectivity index (χ0n) is 24.3. The first-order valence-corrected chi connectivity index (χ1v) is 15.1. The predicted octanol–water partition coefficient (Wildman–Crippen LogP) is 5.97. The van der Waals surface area contributed by atoms with Gasteiger partial charge in [0.15, 0.2) is 0 Å². The van der Waals surface area contributed by atoms with Gasteiger partial charge in [-0.05, 0) is 81.9 Å². The standard InChI is InChI=1S/C33H41ClN4O3/c1-4-35-32(39)38(20-23-9-12-25(34)13-10-23)26-15-18-37(21-26)17-6-8-27-28-7-5-16-36-30(28)22-41-31-14-11-24(19-29(27)31)33(2,3)40/h5,7-9,11-12,14,16,19,26,40H,4,6,10,13,15,17-18,20-22H2,1-3H3,(H,35,39)/b27-8+/t26-/m0/s1. The summed E-state index contributed by atoms with van der Waals surface area (Å²) in [5, 5.41) is 14.6. The van der Waals surface area contributed by atoms with Crippen LogP contribution in [0.25, 0.3) is 5.57 Å². The zero-order valence-corrected chi connectivity index (χ0v) is 25.1. The molecule has 7 nitrogen and oxygen atoms in total. The lowest BCUT2D eigenvalue weighted by atomic mass is 9.90. The highest BCUT2D eigenvalue weighted by Gasteiger charge is 2.31. The van der Waals surface area contributed by atoms with Crippen LogP contribution in [0.1, 0.15) is 68.8 Å². The van der Waals surface area contributed by atoms with E-state index in [0.717, 1.165) is 84.1 Å². The zero-order chi connectivity index (χ0) is 29.0. The maximum absolute atomic E-state index is 13.0. The molecule has 0 saturated carbocycles. The highest BCUT2D eigenvalue weighted by Crippen LogP contribution is 2.38. The molecule has 2 amide bonds. The summed E-state index contributed by atoms with van der Waals surface area (Å²) >= 11 is 6.16. The average molecular weight is 577 g/mol. The number of urea groups is 1. The second kappa shape index (κ2) is 12.8. The maximum Gasteiger partial charge on any atom is 0.317 e. The lowest BCUT2D eigenvalue weighted by molar-refractivity contribution is 0.0785. The molecule has 1 fully saturated rings. The van der Waals surface area contributed by atoms with E-state index in [1.807, 2.05) is 42.2 Å². The van der Waals surface area contributed by atoms with Crippen molar-refractivity contribution in [3.8, 4) is 5.75 Å². The van der Waals surface area contributed by atoms with Crippen LogP contribution in [0.5, 0.6) is 5.75 Å². The molecule has 41 heavy (non-hydrogen) atoms. The first-order chi connectivity index (χ1) is 19.7. The summed E-state index contributed by atoms with van der Waals surface area (Å²) < 4.78 is 6.15. The monoisotopic (exact) mass is 576 g/mol. The molecule has 8 heteroatoms. The van der Waals surface area contributed by atoms with E-state index in [0.29, 0.717) is 19.7 Å². The van der Waals surface area contributed by atoms with Crippen molar-refractivity contribution >= 4 is 23.2 Å². The average Bonchev–Trinajstić information content (AvgIpc) is 3.36. The van der Waals surface area contributed by atoms with Crippen LogP contribution in [0.3, 0.4) is 0 Å². The lowest BCUT2D eigenvalue weighted by Crippen LogP contribution is -2.48. The molecule has 0 radical (unpaired) electrons. The first-order valence-electron chi connectivity index (χ1n) is 14.7. The van der Waals surface area contributed by atoms with Gasteiger partial charge in [-0.25, -0.2) is 4.79 Å². The van der Waals surface area contributed by atoms with E-state index in [1.54, 1.807) is 20.0 Å². The van der Waals surface area contributed by atoms with Crippen molar-refractivity contribution in [1.29, 1.82) is 0 Å². The number of likely N-dealkylation sites (tertiary alicyclic amines) is 1. The number of ether oxygens (including phenoxy) is 1. The fraction of sp³-hybridized carbons (Fsp3) is 0.455. The van der Waals surface area contributed by atoms with Gasteiger partial charge in [0.25, 0.3) is 0 Å². The third-order valence-corrected chi connectivity index (χ3v) is 8.47. The van der Waals surface area contributed by atoms with Crippen LogP contribution < -0.4 is 10.1 Å². The molecule has 5 rings (SSSR count). The molecule has 1 aromatic heterocycles. The molecule has 2 aromatic rings. The summed E-state index contributed by atoms with van der Waals surface area (Å²) in [5.74, 6) is 0.800. The fourth-order valence-corrected chi connectivity index (χ4v) is 6.00. The second-order valence-corrected chi connectivity index (χ2v) is 12.1. The summed E-state index contributed by atoms with van der Waals surface area (Å²) in [5.41, 5.74) is 5.17. The van der Waals surface area contributed by atoms with Gasteiger partial charge in [-0.15, -0.1) is 0 Å². The number of hydrogen-bond acceptors (Lipinski definition) is 5. The van der Waals surface area contributed by atoms with Crippen molar-refractivity contribution in [3.05, 3.63) is 87.7 Å². The molecule has 3 heterocycles. The van der Waals surface area contributed by atoms with Crippen molar-refractivity contribution in [2.45, 2.75) is 64.7 Å². The smallest absolute Gasteiger partial charge is 0.317 e. The van der Waals surface area contributed by atoms with Crippen LogP contribution in [-0.2, 0) is 12.2 Å². The molecule has 1 aliphatic carbocycles. The summed E-state index contributed by atoms with van der Waals surface area (Å²) in [6.45, 7) is 9.92. The van der Waals surface area contributed by atoms with Gasteiger partial charge in [0.05, 0.1) is 11.3 Å². The van der Waals surface area contributed by atoms with E-state index in [-0.39, 0.29) is 12.1 Å². The summed E-state index contributed by atoms with van der Waals surface area (Å²) in [6, 6.07) is 10.2. The van der Waals surface area contributed by atoms with Crippen molar-refractivity contribution in [2.24, 2.45) is 0 Å². The number of rotatable bonds is 8. The Kier molecular flexibility index (Phi) is 9.17. The number of hydrogen-bond donors (Lipinski definition) is 2. The Labute approximate surface area is 248 Å². The highest BCUT2D eigenvalue weighted by atomic mass is 35.5. The molecule has 1 atom stereocenters. The van der Waals surface area contributed by atoms with E-state index in [2.05, 4.69) is 33.4 Å². The number of nitrogens with one attached hydrogen (secondary N) is 1. The molecule has 1 aromatic carbocycles. The number of carbonyl (C=O) groups is 1. The Bertz CT molecular complexity index is 1360. The summed E-state index contributed by atoms with van der Waals surface area (Å²) in [6.07, 6.45) is 11.6. The van der Waals surface area contributed by atoms with Crippen LogP contribution in [0.2, 0.25) is 0 Å². The Morgan fingerprint density at radius 3 is 2.88 bits per heavy atom. The van der Waals surface area contributed by atoms with Gasteiger partial charge in [0.2, 0.25) is 0 Å². The number of pyridine rings is 1. The number of allylic oxidation sites excluding steroid dienone is 3. The second-order valence-electron chi connectivity index (χ2n) is 11.6. The number of nitrogens with zero attached hydrogens (tertiary/aromatic N) is 3. The minimum Gasteiger partial charge on any atom is -0.487 e. The maximum atomic E-state index is 13.0. The molecule has 0 bridgehead atoms. The van der Waals surface area contributed by atoms with E-state index >= 15 is 0 Å². The number of aliphatic hydroxyl groups is 1. The van der Waals surface area contributed by atoms with Crippen LogP contribution in [0, 0.1) is 0 Å². The molecule has 0 unspecified atom stereocenters. The Morgan fingerprint density at radius 1 is 1.27 bits per heavy atom. The van der Waals surface area contributed by atoms with Crippen molar-refractivity contribution < 1.29 is 14.6 Å². The van der Waals surface area contributed by atoms with Crippen LogP contribution in [0.4, 0.5) is 4.79 Å². The molecule has 1 saturated heterocycles. The number of amides is 2. The van der Waals surface area contributed by atoms with Gasteiger partial charge < -0.3 is 25.0 Å². The van der Waals surface area contributed by atoms with E-state index in [4.69, 9.17) is 16.3 Å². The summed E-state index contributed by atoms with van der Waals surface area (Å²) in [4.78, 5) is 22.1. The molecule has 2 N–H and O–H groups in total. The molecule has 218 valence electrons. The van der Waals surface area contributed by atoms with Gasteiger partial charge >= 0.3 is 6.03 Å². The molecule has 2 aliphatic heterocycles. The SMILES string of the molecule is CCNC(=O)N(CC1=CC=C(Cl)CC1)[C@H]1CCN(CC/C=C2/c3cc(C(C)(C)O)ccc3OCc3ncccc32)C1. The third-order valence-electron chi connectivity index (χ3n) is 8.15. The van der Waals surface area contributed by atoms with Crippen molar-refractivity contribution in [2.75, 3.05) is 32.7 Å².